The normalized spacial score (nSPS) is 15.5. The number of amides is 1. The minimum atomic E-state index is -3.90. The molecule has 1 amide bonds. The molecule has 1 aliphatic rings. The number of fused-ring (bicyclic) bond motifs is 1. The Morgan fingerprint density at radius 2 is 1.84 bits per heavy atom. The summed E-state index contributed by atoms with van der Waals surface area (Å²) in [4.78, 5) is 26.6. The summed E-state index contributed by atoms with van der Waals surface area (Å²) in [6.45, 7) is 4.27. The van der Waals surface area contributed by atoms with Crippen molar-refractivity contribution in [1.82, 2.24) is 19.9 Å². The molecular formula is C36H38N6O6S. The van der Waals surface area contributed by atoms with Gasteiger partial charge < -0.3 is 24.8 Å². The van der Waals surface area contributed by atoms with E-state index < -0.39 is 21.4 Å². The van der Waals surface area contributed by atoms with Crippen molar-refractivity contribution in [3.05, 3.63) is 102 Å². The Morgan fingerprint density at radius 3 is 2.61 bits per heavy atom. The summed E-state index contributed by atoms with van der Waals surface area (Å²) >= 11 is 0. The molecule has 3 heterocycles. The van der Waals surface area contributed by atoms with Gasteiger partial charge in [-0.25, -0.2) is 32.5 Å². The quantitative estimate of drug-likeness (QED) is 0.142. The zero-order valence-corrected chi connectivity index (χ0v) is 28.3. The fourth-order valence-corrected chi connectivity index (χ4v) is 7.62. The molecule has 1 fully saturated rings. The van der Waals surface area contributed by atoms with E-state index in [0.717, 1.165) is 18.4 Å². The monoisotopic (exact) mass is 682 g/mol. The second-order valence-electron chi connectivity index (χ2n) is 11.9. The number of likely N-dealkylation sites (tertiary alicyclic amines) is 1. The van der Waals surface area contributed by atoms with Gasteiger partial charge in [-0.2, -0.15) is 0 Å². The molecule has 2 aromatic heterocycles. The van der Waals surface area contributed by atoms with Crippen LogP contribution in [0.15, 0.2) is 91.3 Å². The molecule has 2 N–H and O–H groups in total. The molecule has 254 valence electrons. The molecule has 2 atom stereocenters. The molecule has 5 aromatic rings. The van der Waals surface area contributed by atoms with Crippen LogP contribution in [-0.2, 0) is 14.8 Å². The van der Waals surface area contributed by atoms with E-state index in [1.807, 2.05) is 49.4 Å². The van der Waals surface area contributed by atoms with Gasteiger partial charge in [-0.1, -0.05) is 54.6 Å². The number of piperidine rings is 1. The highest BCUT2D eigenvalue weighted by Gasteiger charge is 2.32. The van der Waals surface area contributed by atoms with Crippen molar-refractivity contribution in [3.63, 3.8) is 0 Å². The number of carbonyl (C=O) groups is 1. The van der Waals surface area contributed by atoms with Crippen molar-refractivity contribution in [2.24, 2.45) is 0 Å². The van der Waals surface area contributed by atoms with Gasteiger partial charge in [0.05, 0.1) is 16.9 Å². The summed E-state index contributed by atoms with van der Waals surface area (Å²) < 4.78 is 41.4. The first-order valence-corrected chi connectivity index (χ1v) is 17.5. The third-order valence-corrected chi connectivity index (χ3v) is 10.7. The second kappa shape index (κ2) is 14.5. The smallest absolute Gasteiger partial charge is 0.407 e. The Hall–Kier alpha value is -5.27. The van der Waals surface area contributed by atoms with E-state index in [9.17, 15) is 18.3 Å². The molecule has 0 saturated carbocycles. The van der Waals surface area contributed by atoms with E-state index in [2.05, 4.69) is 15.3 Å². The Kier molecular flexibility index (Phi) is 9.92. The molecule has 1 saturated heterocycles. The van der Waals surface area contributed by atoms with Crippen LogP contribution >= 0.6 is 0 Å². The van der Waals surface area contributed by atoms with Crippen LogP contribution in [-0.4, -0.2) is 72.4 Å². The molecule has 0 bridgehead atoms. The van der Waals surface area contributed by atoms with Crippen LogP contribution < -0.4 is 14.4 Å². The van der Waals surface area contributed by atoms with Crippen LogP contribution in [0.2, 0.25) is 0 Å². The summed E-state index contributed by atoms with van der Waals surface area (Å²) in [6.07, 6.45) is 3.87. The number of carboxylic acid groups (broad SMARTS) is 1. The van der Waals surface area contributed by atoms with Gasteiger partial charge in [-0.15, -0.1) is 0 Å². The summed E-state index contributed by atoms with van der Waals surface area (Å²) in [5, 5.41) is 13.3. The number of anilines is 2. The van der Waals surface area contributed by atoms with Crippen LogP contribution in [0.3, 0.4) is 0 Å². The maximum atomic E-state index is 14.1. The number of nitrogens with one attached hydrogen (secondary N) is 1. The lowest BCUT2D eigenvalue weighted by Gasteiger charge is -2.31. The van der Waals surface area contributed by atoms with Crippen LogP contribution in [0.5, 0.6) is 11.6 Å². The highest BCUT2D eigenvalue weighted by Crippen LogP contribution is 2.41. The summed E-state index contributed by atoms with van der Waals surface area (Å²) in [6, 6.07) is 23.6. The predicted molar refractivity (Wildman–Crippen MR) is 188 cm³/mol. The zero-order valence-electron chi connectivity index (χ0n) is 27.5. The van der Waals surface area contributed by atoms with Gasteiger partial charge in [0.2, 0.25) is 21.9 Å². The Morgan fingerprint density at radius 1 is 1.02 bits per heavy atom. The molecule has 49 heavy (non-hydrogen) atoms. The lowest BCUT2D eigenvalue weighted by atomic mass is 10.0. The summed E-state index contributed by atoms with van der Waals surface area (Å²) in [7, 11) is -2.44. The van der Waals surface area contributed by atoms with Gasteiger partial charge in [-0.05, 0) is 62.1 Å². The lowest BCUT2D eigenvalue weighted by Crippen LogP contribution is -2.44. The Balaban J connectivity index is 1.34. The van der Waals surface area contributed by atoms with Crippen molar-refractivity contribution in [1.29, 1.82) is 0 Å². The molecule has 6 rings (SSSR count). The fraction of sp³-hybridized carbons (Fsp3) is 0.278. The van der Waals surface area contributed by atoms with E-state index in [0.29, 0.717) is 63.9 Å². The topological polar surface area (TPSA) is 147 Å². The molecule has 13 heteroatoms. The van der Waals surface area contributed by atoms with E-state index in [1.54, 1.807) is 55.7 Å². The molecule has 0 radical (unpaired) electrons. The first kappa shape index (κ1) is 33.6. The van der Waals surface area contributed by atoms with Gasteiger partial charge in [0, 0.05) is 49.4 Å². The molecule has 1 aliphatic heterocycles. The van der Waals surface area contributed by atoms with Crippen molar-refractivity contribution >= 4 is 38.5 Å². The van der Waals surface area contributed by atoms with Crippen LogP contribution in [0.1, 0.15) is 36.1 Å². The highest BCUT2D eigenvalue weighted by atomic mass is 32.2. The number of rotatable bonds is 11. The number of methoxy groups -OCH3 is 1. The standard InChI is InChI=1S/C36H38N6O6S/c1-24-16-17-28-29(13-7-15-32(28)42(23-47-3)49(45,46)25(2)26-10-5-4-6-11-26)33(24)48-34-30(14-8-19-37-34)31-18-20-38-35(40-31)39-27-12-9-21-41(22-27)36(43)44/h4-8,10-11,13-20,25,27H,9,12,21-23H2,1-3H3,(H,43,44)(H,38,39,40)/t25-,27?/m0/s1. The van der Waals surface area contributed by atoms with Crippen LogP contribution in [0.25, 0.3) is 22.0 Å². The van der Waals surface area contributed by atoms with E-state index in [1.165, 1.54) is 16.3 Å². The van der Waals surface area contributed by atoms with Gasteiger partial charge in [0.1, 0.15) is 17.7 Å². The molecular weight excluding hydrogens is 644 g/mol. The van der Waals surface area contributed by atoms with Crippen molar-refractivity contribution in [2.75, 3.05) is 36.6 Å². The van der Waals surface area contributed by atoms with Gasteiger partial charge in [0.25, 0.3) is 0 Å². The number of aromatic nitrogens is 3. The first-order valence-electron chi connectivity index (χ1n) is 16.0. The highest BCUT2D eigenvalue weighted by molar-refractivity contribution is 7.93. The largest absolute Gasteiger partial charge is 0.465 e. The Labute approximate surface area is 285 Å². The van der Waals surface area contributed by atoms with Gasteiger partial charge in [-0.3, -0.25) is 0 Å². The third kappa shape index (κ3) is 7.13. The number of aryl methyl sites for hydroxylation is 1. The van der Waals surface area contributed by atoms with Crippen molar-refractivity contribution in [2.45, 2.75) is 38.0 Å². The number of pyridine rings is 1. The number of hydrogen-bond donors (Lipinski definition) is 2. The SMILES string of the molecule is COCN(c1cccc2c(Oc3ncccc3-c3ccnc(NC4CCCN(C(=O)O)C4)n3)c(C)ccc12)S(=O)(=O)[C@@H](C)c1ccccc1. The maximum Gasteiger partial charge on any atom is 0.407 e. The zero-order chi connectivity index (χ0) is 34.5. The number of sulfonamides is 1. The number of hydrogen-bond acceptors (Lipinski definition) is 9. The van der Waals surface area contributed by atoms with Crippen LogP contribution in [0.4, 0.5) is 16.4 Å². The second-order valence-corrected chi connectivity index (χ2v) is 14.1. The first-order chi connectivity index (χ1) is 23.7. The van der Waals surface area contributed by atoms with Crippen molar-refractivity contribution in [3.8, 4) is 22.9 Å². The van der Waals surface area contributed by atoms with E-state index in [4.69, 9.17) is 14.5 Å². The van der Waals surface area contributed by atoms with Gasteiger partial charge in [0.15, 0.2) is 0 Å². The molecule has 0 spiro atoms. The molecule has 3 aromatic carbocycles. The minimum absolute atomic E-state index is 0.116. The number of nitrogens with zero attached hydrogens (tertiary/aromatic N) is 5. The minimum Gasteiger partial charge on any atom is -0.465 e. The fourth-order valence-electron chi connectivity index (χ4n) is 6.05. The number of ether oxygens (including phenoxy) is 2. The molecule has 12 nitrogen and oxygen atoms in total. The van der Waals surface area contributed by atoms with Crippen LogP contribution in [0, 0.1) is 6.92 Å². The summed E-state index contributed by atoms with van der Waals surface area (Å²) in [5.41, 5.74) is 3.15. The lowest BCUT2D eigenvalue weighted by molar-refractivity contribution is 0.132. The van der Waals surface area contributed by atoms with Gasteiger partial charge >= 0.3 is 6.09 Å². The molecule has 0 aliphatic carbocycles. The average molecular weight is 683 g/mol. The van der Waals surface area contributed by atoms with Crippen molar-refractivity contribution < 1.29 is 27.8 Å². The average Bonchev–Trinajstić information content (AvgIpc) is 3.12. The Bertz CT molecular complexity index is 2060. The maximum absolute atomic E-state index is 14.1. The molecule has 1 unspecified atom stereocenters. The summed E-state index contributed by atoms with van der Waals surface area (Å²) in [5.74, 6) is 1.20. The van der Waals surface area contributed by atoms with E-state index in [-0.39, 0.29) is 12.8 Å². The third-order valence-electron chi connectivity index (χ3n) is 8.65. The van der Waals surface area contributed by atoms with E-state index >= 15 is 0 Å². The predicted octanol–water partition coefficient (Wildman–Crippen LogP) is 6.85. The number of benzene rings is 3.